The highest BCUT2D eigenvalue weighted by atomic mass is 31.2. The van der Waals surface area contributed by atoms with Crippen LogP contribution in [0, 0.1) is 42.4 Å². The van der Waals surface area contributed by atoms with E-state index in [9.17, 15) is 13.7 Å². The minimum atomic E-state index is -3.31. The summed E-state index contributed by atoms with van der Waals surface area (Å²) in [7, 11) is -5.65. The largest absolute Gasteiger partial charge is 0.497 e. The summed E-state index contributed by atoms with van der Waals surface area (Å²) in [5.74, 6) is 21.4. The van der Waals surface area contributed by atoms with Crippen LogP contribution in [0.4, 0.5) is 0 Å². The second-order valence-electron chi connectivity index (χ2n) is 20.6. The molecule has 0 aliphatic carbocycles. The standard InChI is InChI=1S/C62H74N7O6P3/c1-10-75-78(9,72)62-42-53(23-18-48-16-14-47(2)15-17-48)38-55(66-62)44-68-34-33-67(43-54-37-51(40-60(64-54)76(5,6)70)21-19-49-24-28-58(73-3)29-25-49)35-36-69(57(46-68)13-11-12-32-63)45-56-39-52(41-61(65-56)77(7,8)71)22-20-50-26-30-59(74-4)31-27-50/h14-17,24-31,37-42,57H,10-13,32-36,43-46,63H2,1-9H3/t57-,78?/m0/s1. The third-order valence-corrected chi connectivity index (χ3v) is 17.8. The van der Waals surface area contributed by atoms with Crippen molar-refractivity contribution in [1.29, 1.82) is 0 Å². The molecule has 0 radical (unpaired) electrons. The van der Waals surface area contributed by atoms with E-state index in [1.807, 2.05) is 117 Å². The predicted molar refractivity (Wildman–Crippen MR) is 318 cm³/mol. The number of aryl methyl sites for hydroxylation is 1. The molecule has 2 N–H and O–H groups in total. The molecule has 3 aromatic heterocycles. The van der Waals surface area contributed by atoms with Crippen LogP contribution in [0.3, 0.4) is 0 Å². The number of unbranched alkanes of at least 4 members (excludes halogenated alkanes) is 1. The van der Waals surface area contributed by atoms with Gasteiger partial charge in [0.2, 0.25) is 7.37 Å². The summed E-state index contributed by atoms with van der Waals surface area (Å²) in [5.41, 5.74) is 15.7. The maximum Gasteiger partial charge on any atom is 0.247 e. The number of ether oxygens (including phenoxy) is 2. The van der Waals surface area contributed by atoms with Crippen molar-refractivity contribution >= 4 is 38.0 Å². The number of aromatic nitrogens is 3. The van der Waals surface area contributed by atoms with Crippen molar-refractivity contribution in [2.75, 3.05) is 93.4 Å². The van der Waals surface area contributed by atoms with Crippen molar-refractivity contribution in [3.05, 3.63) is 165 Å². The molecule has 0 spiro atoms. The third kappa shape index (κ3) is 18.0. The van der Waals surface area contributed by atoms with Gasteiger partial charge in [-0.25, -0.2) is 15.0 Å². The van der Waals surface area contributed by atoms with Crippen LogP contribution in [0.15, 0.2) is 109 Å². The molecule has 1 aliphatic rings. The number of nitrogens with zero attached hydrogens (tertiary/aromatic N) is 6. The monoisotopic (exact) mass is 1110 g/mol. The van der Waals surface area contributed by atoms with E-state index in [1.165, 1.54) is 0 Å². The molecule has 7 rings (SSSR count). The van der Waals surface area contributed by atoms with E-state index < -0.39 is 21.7 Å². The lowest BCUT2D eigenvalue weighted by Crippen LogP contribution is -2.45. The molecule has 4 heterocycles. The number of benzene rings is 3. The van der Waals surface area contributed by atoms with Gasteiger partial charge in [0.25, 0.3) is 0 Å². The van der Waals surface area contributed by atoms with Crippen molar-refractivity contribution in [3.8, 4) is 47.0 Å². The van der Waals surface area contributed by atoms with Crippen LogP contribution in [0.2, 0.25) is 0 Å². The first-order valence-corrected chi connectivity index (χ1v) is 33.7. The second-order valence-corrected chi connectivity index (χ2v) is 29.3. The summed E-state index contributed by atoms with van der Waals surface area (Å²) in [6.07, 6.45) is 2.63. The van der Waals surface area contributed by atoms with E-state index in [0.717, 1.165) is 81.2 Å². The van der Waals surface area contributed by atoms with Crippen molar-refractivity contribution in [2.24, 2.45) is 5.73 Å². The molecular formula is C62H74N7O6P3. The fraction of sp³-hybridized carbons (Fsp3) is 0.371. The lowest BCUT2D eigenvalue weighted by molar-refractivity contribution is 0.126. The molecule has 0 bridgehead atoms. The molecule has 1 unspecified atom stereocenters. The van der Waals surface area contributed by atoms with Gasteiger partial charge in [0.1, 0.15) is 42.1 Å². The first-order valence-electron chi connectivity index (χ1n) is 26.5. The van der Waals surface area contributed by atoms with Crippen LogP contribution < -0.4 is 31.5 Å². The molecule has 408 valence electrons. The van der Waals surface area contributed by atoms with E-state index in [0.29, 0.717) is 80.8 Å². The summed E-state index contributed by atoms with van der Waals surface area (Å²) in [6, 6.07) is 34.8. The molecule has 0 saturated carbocycles. The molecule has 1 saturated heterocycles. The average molecular weight is 1110 g/mol. The molecule has 3 aromatic carbocycles. The quantitative estimate of drug-likeness (QED) is 0.0527. The van der Waals surface area contributed by atoms with Gasteiger partial charge in [0.15, 0.2) is 0 Å². The highest BCUT2D eigenvalue weighted by Gasteiger charge is 2.28. The highest BCUT2D eigenvalue weighted by Crippen LogP contribution is 2.41. The zero-order chi connectivity index (χ0) is 55.9. The molecule has 0 amide bonds. The Morgan fingerprint density at radius 1 is 0.538 bits per heavy atom. The molecule has 2 atom stereocenters. The molecule has 1 aliphatic heterocycles. The third-order valence-electron chi connectivity index (χ3n) is 13.3. The Labute approximate surface area is 463 Å². The Morgan fingerprint density at radius 2 is 0.949 bits per heavy atom. The summed E-state index contributed by atoms with van der Waals surface area (Å²) < 4.78 is 58.4. The van der Waals surface area contributed by atoms with Crippen LogP contribution in [-0.4, -0.2) is 129 Å². The minimum absolute atomic E-state index is 0.0304. The Kier molecular flexibility index (Phi) is 21.1. The van der Waals surface area contributed by atoms with Crippen molar-refractivity contribution in [3.63, 3.8) is 0 Å². The first kappa shape index (κ1) is 59.5. The van der Waals surface area contributed by atoms with E-state index in [4.69, 9.17) is 34.7 Å². The average Bonchev–Trinajstić information content (AvgIpc) is 3.50. The fourth-order valence-corrected chi connectivity index (χ4v) is 11.9. The van der Waals surface area contributed by atoms with Gasteiger partial charge < -0.3 is 28.9 Å². The van der Waals surface area contributed by atoms with Crippen LogP contribution in [-0.2, 0) is 37.9 Å². The Balaban J connectivity index is 1.30. The zero-order valence-corrected chi connectivity index (χ0v) is 49.4. The number of hydrogen-bond donors (Lipinski definition) is 1. The molecule has 1 fully saturated rings. The Bertz CT molecular complexity index is 3360. The van der Waals surface area contributed by atoms with Crippen molar-refractivity contribution < 1.29 is 27.7 Å². The van der Waals surface area contributed by atoms with Gasteiger partial charge in [-0.2, -0.15) is 0 Å². The first-order chi connectivity index (χ1) is 37.3. The number of hydrogen-bond acceptors (Lipinski definition) is 13. The van der Waals surface area contributed by atoms with E-state index in [1.54, 1.807) is 53.6 Å². The summed E-state index contributed by atoms with van der Waals surface area (Å²) in [5, 5.41) is 0. The van der Waals surface area contributed by atoms with Gasteiger partial charge in [-0.05, 0) is 157 Å². The van der Waals surface area contributed by atoms with Gasteiger partial charge in [0, 0.05) is 98.4 Å². The number of nitrogens with two attached hydrogens (primary N) is 1. The zero-order valence-electron chi connectivity index (χ0n) is 46.7. The molecule has 6 aromatic rings. The minimum Gasteiger partial charge on any atom is -0.497 e. The van der Waals surface area contributed by atoms with Gasteiger partial charge >= 0.3 is 0 Å². The summed E-state index contributed by atoms with van der Waals surface area (Å²) in [4.78, 5) is 22.5. The summed E-state index contributed by atoms with van der Waals surface area (Å²) >= 11 is 0. The lowest BCUT2D eigenvalue weighted by Gasteiger charge is -2.35. The number of rotatable bonds is 17. The molecular weight excluding hydrogens is 1030 g/mol. The second kappa shape index (κ2) is 27.7. The van der Waals surface area contributed by atoms with Crippen molar-refractivity contribution in [2.45, 2.75) is 58.8 Å². The Morgan fingerprint density at radius 3 is 1.41 bits per heavy atom. The lowest BCUT2D eigenvalue weighted by atomic mass is 10.1. The fourth-order valence-electron chi connectivity index (χ4n) is 8.99. The Hall–Kier alpha value is -6.12. The summed E-state index contributed by atoms with van der Waals surface area (Å²) in [6.45, 7) is 18.0. The molecule has 78 heavy (non-hydrogen) atoms. The number of methoxy groups -OCH3 is 2. The van der Waals surface area contributed by atoms with E-state index >= 15 is 0 Å². The normalized spacial score (nSPS) is 15.4. The van der Waals surface area contributed by atoms with E-state index in [-0.39, 0.29) is 12.6 Å². The van der Waals surface area contributed by atoms with Gasteiger partial charge in [-0.1, -0.05) is 59.6 Å². The van der Waals surface area contributed by atoms with Gasteiger partial charge in [0.05, 0.1) is 37.9 Å². The maximum atomic E-state index is 14.2. The maximum absolute atomic E-state index is 14.2. The van der Waals surface area contributed by atoms with Crippen LogP contribution >= 0.6 is 21.7 Å². The molecule has 13 nitrogen and oxygen atoms in total. The van der Waals surface area contributed by atoms with Crippen LogP contribution in [0.5, 0.6) is 11.5 Å². The highest BCUT2D eigenvalue weighted by molar-refractivity contribution is 7.70. The van der Waals surface area contributed by atoms with Crippen LogP contribution in [0.1, 0.15) is 82.2 Å². The van der Waals surface area contributed by atoms with E-state index in [2.05, 4.69) is 50.2 Å². The van der Waals surface area contributed by atoms with Crippen molar-refractivity contribution in [1.82, 2.24) is 29.7 Å². The van der Waals surface area contributed by atoms with Gasteiger partial charge in [-0.15, -0.1) is 0 Å². The predicted octanol–water partition coefficient (Wildman–Crippen LogP) is 8.78. The number of pyridine rings is 3. The topological polar surface area (TPSA) is 153 Å². The van der Waals surface area contributed by atoms with Crippen LogP contribution in [0.25, 0.3) is 0 Å². The van der Waals surface area contributed by atoms with Gasteiger partial charge in [-0.3, -0.25) is 19.3 Å². The molecule has 16 heteroatoms. The smallest absolute Gasteiger partial charge is 0.247 e. The SMILES string of the molecule is CCOP(C)(=O)c1cc(C#Cc2ccc(C)cc2)cc(CN2CCN(Cc3cc(C#Cc4ccc(OC)cc4)cc(P(C)(C)=O)n3)CCN(Cc3cc(C#Cc4ccc(OC)cc4)cc(P(C)(C)=O)n3)[C@@H](CCCCN)C2)n1.